The van der Waals surface area contributed by atoms with Gasteiger partial charge in [-0.3, -0.25) is 5.32 Å². The van der Waals surface area contributed by atoms with Gasteiger partial charge < -0.3 is 9.84 Å². The summed E-state index contributed by atoms with van der Waals surface area (Å²) in [5.74, 6) is 0.734. The number of rotatable bonds is 7. The fraction of sp³-hybridized carbons (Fsp3) is 0.462. The molecule has 0 saturated heterocycles. The number of ether oxygens (including phenoxy) is 1. The van der Waals surface area contributed by atoms with E-state index in [1.807, 2.05) is 31.2 Å². The van der Waals surface area contributed by atoms with Crippen molar-refractivity contribution in [1.82, 2.24) is 5.32 Å². The maximum Gasteiger partial charge on any atom is 0.125 e. The van der Waals surface area contributed by atoms with E-state index in [0.717, 1.165) is 11.3 Å². The van der Waals surface area contributed by atoms with Crippen LogP contribution in [-0.4, -0.2) is 24.9 Å². The van der Waals surface area contributed by atoms with E-state index < -0.39 is 6.04 Å². The van der Waals surface area contributed by atoms with E-state index in [1.165, 1.54) is 0 Å². The topological polar surface area (TPSA) is 65.3 Å². The fourth-order valence-corrected chi connectivity index (χ4v) is 1.56. The molecule has 0 saturated carbocycles. The second-order valence-corrected chi connectivity index (χ2v) is 3.56. The molecule has 92 valence electrons. The van der Waals surface area contributed by atoms with Crippen LogP contribution in [0.1, 0.15) is 24.9 Å². The van der Waals surface area contributed by atoms with Crippen molar-refractivity contribution in [1.29, 1.82) is 5.26 Å². The number of nitriles is 1. The zero-order chi connectivity index (χ0) is 12.5. The molecular formula is C13H18N2O2. The molecule has 1 rings (SSSR count). The van der Waals surface area contributed by atoms with Gasteiger partial charge in [0.15, 0.2) is 0 Å². The minimum Gasteiger partial charge on any atom is -0.493 e. The highest BCUT2D eigenvalue weighted by Gasteiger charge is 2.14. The monoisotopic (exact) mass is 234 g/mol. The predicted molar refractivity (Wildman–Crippen MR) is 65.7 cm³/mol. The van der Waals surface area contributed by atoms with E-state index in [2.05, 4.69) is 11.4 Å². The van der Waals surface area contributed by atoms with Gasteiger partial charge in [0.25, 0.3) is 0 Å². The lowest BCUT2D eigenvalue weighted by atomic mass is 10.1. The third-order valence-corrected chi connectivity index (χ3v) is 2.34. The van der Waals surface area contributed by atoms with E-state index >= 15 is 0 Å². The highest BCUT2D eigenvalue weighted by molar-refractivity contribution is 5.38. The number of nitrogens with zero attached hydrogens (tertiary/aromatic N) is 1. The Kier molecular flexibility index (Phi) is 6.08. The zero-order valence-corrected chi connectivity index (χ0v) is 10.0. The molecule has 0 heterocycles. The quantitative estimate of drug-likeness (QED) is 0.704. The highest BCUT2D eigenvalue weighted by Crippen LogP contribution is 2.24. The molecule has 17 heavy (non-hydrogen) atoms. The second-order valence-electron chi connectivity index (χ2n) is 3.56. The summed E-state index contributed by atoms with van der Waals surface area (Å²) in [5.41, 5.74) is 0.842. The number of hydrogen-bond donors (Lipinski definition) is 2. The van der Waals surface area contributed by atoms with Gasteiger partial charge in [0.05, 0.1) is 12.7 Å². The van der Waals surface area contributed by atoms with E-state index in [9.17, 15) is 0 Å². The molecule has 1 unspecified atom stereocenters. The maximum atomic E-state index is 9.14. The average molecular weight is 234 g/mol. The van der Waals surface area contributed by atoms with Gasteiger partial charge in [0.1, 0.15) is 11.8 Å². The molecule has 4 nitrogen and oxygen atoms in total. The molecule has 1 atom stereocenters. The molecule has 0 radical (unpaired) electrons. The lowest BCUT2D eigenvalue weighted by molar-refractivity contribution is 0.284. The van der Waals surface area contributed by atoms with Crippen molar-refractivity contribution in [3.8, 4) is 11.8 Å². The van der Waals surface area contributed by atoms with Crippen molar-refractivity contribution in [2.45, 2.75) is 19.4 Å². The molecule has 0 aliphatic carbocycles. The number of nitrogens with one attached hydrogen (secondary N) is 1. The van der Waals surface area contributed by atoms with Gasteiger partial charge in [-0.1, -0.05) is 18.2 Å². The first-order valence-electron chi connectivity index (χ1n) is 5.79. The standard InChI is InChI=1S/C13H18N2O2/c1-2-17-13-7-4-3-6-11(13)12(10-14)15-8-5-9-16/h3-4,6-7,12,15-16H,2,5,8-9H2,1H3. The molecule has 0 fully saturated rings. The average Bonchev–Trinajstić information content (AvgIpc) is 2.36. The third kappa shape index (κ3) is 4.06. The SMILES string of the molecule is CCOc1ccccc1C(C#N)NCCCO. The molecule has 0 aliphatic heterocycles. The number of hydrogen-bond acceptors (Lipinski definition) is 4. The van der Waals surface area contributed by atoms with Crippen LogP contribution in [0, 0.1) is 11.3 Å². The largest absolute Gasteiger partial charge is 0.493 e. The molecule has 0 bridgehead atoms. The molecule has 0 spiro atoms. The first-order valence-corrected chi connectivity index (χ1v) is 5.79. The Labute approximate surface area is 102 Å². The number of aliphatic hydroxyl groups is 1. The van der Waals surface area contributed by atoms with Crippen molar-refractivity contribution in [2.75, 3.05) is 19.8 Å². The molecule has 0 amide bonds. The van der Waals surface area contributed by atoms with Crippen LogP contribution in [0.2, 0.25) is 0 Å². The van der Waals surface area contributed by atoms with E-state index in [0.29, 0.717) is 19.6 Å². The molecule has 0 aromatic heterocycles. The summed E-state index contributed by atoms with van der Waals surface area (Å²) < 4.78 is 5.49. The summed E-state index contributed by atoms with van der Waals surface area (Å²) in [5, 5.41) is 20.9. The lowest BCUT2D eigenvalue weighted by Gasteiger charge is -2.15. The number of para-hydroxylation sites is 1. The van der Waals surface area contributed by atoms with Crippen molar-refractivity contribution >= 4 is 0 Å². The molecule has 1 aromatic carbocycles. The number of aliphatic hydroxyl groups excluding tert-OH is 1. The summed E-state index contributed by atoms with van der Waals surface area (Å²) in [6, 6.07) is 9.31. The van der Waals surface area contributed by atoms with Gasteiger partial charge in [0, 0.05) is 12.2 Å². The van der Waals surface area contributed by atoms with E-state index in [1.54, 1.807) is 0 Å². The van der Waals surface area contributed by atoms with Crippen LogP contribution in [-0.2, 0) is 0 Å². The maximum absolute atomic E-state index is 9.14. The van der Waals surface area contributed by atoms with Gasteiger partial charge >= 0.3 is 0 Å². The summed E-state index contributed by atoms with van der Waals surface area (Å²) in [4.78, 5) is 0. The smallest absolute Gasteiger partial charge is 0.125 e. The van der Waals surface area contributed by atoms with E-state index in [4.69, 9.17) is 15.1 Å². The van der Waals surface area contributed by atoms with Crippen LogP contribution in [0.4, 0.5) is 0 Å². The Morgan fingerprint density at radius 3 is 2.88 bits per heavy atom. The van der Waals surface area contributed by atoms with Crippen LogP contribution in [0.25, 0.3) is 0 Å². The summed E-state index contributed by atoms with van der Waals surface area (Å²) in [6.07, 6.45) is 0.634. The zero-order valence-electron chi connectivity index (χ0n) is 10.0. The van der Waals surface area contributed by atoms with Gasteiger partial charge in [-0.05, 0) is 26.0 Å². The highest BCUT2D eigenvalue weighted by atomic mass is 16.5. The van der Waals surface area contributed by atoms with Crippen molar-refractivity contribution in [3.05, 3.63) is 29.8 Å². The first-order chi connectivity index (χ1) is 8.33. The van der Waals surface area contributed by atoms with Crippen LogP contribution >= 0.6 is 0 Å². The molecule has 0 aliphatic rings. The van der Waals surface area contributed by atoms with E-state index in [-0.39, 0.29) is 6.61 Å². The lowest BCUT2D eigenvalue weighted by Crippen LogP contribution is -2.22. The molecule has 2 N–H and O–H groups in total. The Balaban J connectivity index is 2.76. The minimum absolute atomic E-state index is 0.123. The number of benzene rings is 1. The Morgan fingerprint density at radius 1 is 1.47 bits per heavy atom. The third-order valence-electron chi connectivity index (χ3n) is 2.34. The van der Waals surface area contributed by atoms with Gasteiger partial charge in [-0.15, -0.1) is 0 Å². The summed E-state index contributed by atoms with van der Waals surface area (Å²) in [7, 11) is 0. The van der Waals surface area contributed by atoms with Crippen molar-refractivity contribution < 1.29 is 9.84 Å². The van der Waals surface area contributed by atoms with Crippen molar-refractivity contribution in [2.24, 2.45) is 0 Å². The molecular weight excluding hydrogens is 216 g/mol. The normalized spacial score (nSPS) is 11.8. The van der Waals surface area contributed by atoms with Gasteiger partial charge in [-0.2, -0.15) is 5.26 Å². The van der Waals surface area contributed by atoms with Crippen LogP contribution < -0.4 is 10.1 Å². The van der Waals surface area contributed by atoms with Gasteiger partial charge in [-0.25, -0.2) is 0 Å². The summed E-state index contributed by atoms with van der Waals surface area (Å²) >= 11 is 0. The Hall–Kier alpha value is -1.57. The predicted octanol–water partition coefficient (Wildman–Crippen LogP) is 1.62. The van der Waals surface area contributed by atoms with Crippen LogP contribution in [0.3, 0.4) is 0 Å². The first kappa shape index (κ1) is 13.5. The second kappa shape index (κ2) is 7.66. The van der Waals surface area contributed by atoms with Crippen LogP contribution in [0.5, 0.6) is 5.75 Å². The Morgan fingerprint density at radius 2 is 2.24 bits per heavy atom. The fourth-order valence-electron chi connectivity index (χ4n) is 1.56. The molecule has 4 heteroatoms. The van der Waals surface area contributed by atoms with Crippen molar-refractivity contribution in [3.63, 3.8) is 0 Å². The molecule has 1 aromatic rings. The minimum atomic E-state index is -0.399. The summed E-state index contributed by atoms with van der Waals surface area (Å²) in [6.45, 7) is 3.22. The van der Waals surface area contributed by atoms with Crippen LogP contribution in [0.15, 0.2) is 24.3 Å². The van der Waals surface area contributed by atoms with Gasteiger partial charge in [0.2, 0.25) is 0 Å². The Bertz CT molecular complexity index is 374.